The van der Waals surface area contributed by atoms with Crippen molar-refractivity contribution in [2.45, 2.75) is 6.92 Å². The molecular formula is C15H10O3. The van der Waals surface area contributed by atoms with Crippen LogP contribution in [0, 0.1) is 6.92 Å². The Kier molecular flexibility index (Phi) is 2.10. The van der Waals surface area contributed by atoms with E-state index in [-0.39, 0.29) is 11.3 Å². The van der Waals surface area contributed by atoms with E-state index in [9.17, 15) is 9.59 Å². The van der Waals surface area contributed by atoms with Crippen molar-refractivity contribution in [2.24, 2.45) is 0 Å². The average molecular weight is 238 g/mol. The Labute approximate surface area is 104 Å². The minimum atomic E-state index is -1.01. The second-order valence-corrected chi connectivity index (χ2v) is 4.40. The summed E-state index contributed by atoms with van der Waals surface area (Å²) in [6.07, 6.45) is 0. The summed E-state index contributed by atoms with van der Waals surface area (Å²) in [5.41, 5.74) is 3.88. The molecule has 0 saturated heterocycles. The zero-order chi connectivity index (χ0) is 12.9. The first-order valence-electron chi connectivity index (χ1n) is 5.61. The van der Waals surface area contributed by atoms with Crippen LogP contribution in [-0.4, -0.2) is 16.9 Å². The molecule has 0 amide bonds. The Hall–Kier alpha value is -2.42. The number of carboxylic acids is 1. The fourth-order valence-corrected chi connectivity index (χ4v) is 2.49. The molecule has 88 valence electrons. The molecule has 3 nitrogen and oxygen atoms in total. The fourth-order valence-electron chi connectivity index (χ4n) is 2.49. The molecule has 0 atom stereocenters. The number of benzene rings is 2. The fraction of sp³-hybridized carbons (Fsp3) is 0.0667. The third-order valence-electron chi connectivity index (χ3n) is 3.27. The maximum atomic E-state index is 12.2. The van der Waals surface area contributed by atoms with E-state index >= 15 is 0 Å². The first-order valence-corrected chi connectivity index (χ1v) is 5.61. The van der Waals surface area contributed by atoms with Gasteiger partial charge in [0.05, 0.1) is 5.56 Å². The van der Waals surface area contributed by atoms with Crippen LogP contribution in [0.15, 0.2) is 36.4 Å². The smallest absolute Gasteiger partial charge is 0.335 e. The van der Waals surface area contributed by atoms with Gasteiger partial charge in [0.15, 0.2) is 5.78 Å². The topological polar surface area (TPSA) is 54.4 Å². The summed E-state index contributed by atoms with van der Waals surface area (Å²) in [6.45, 7) is 1.83. The minimum absolute atomic E-state index is 0.0909. The highest BCUT2D eigenvalue weighted by molar-refractivity contribution is 6.22. The van der Waals surface area contributed by atoms with E-state index in [1.807, 2.05) is 25.1 Å². The van der Waals surface area contributed by atoms with Gasteiger partial charge in [0.1, 0.15) is 0 Å². The van der Waals surface area contributed by atoms with Gasteiger partial charge in [0.2, 0.25) is 0 Å². The van der Waals surface area contributed by atoms with Gasteiger partial charge >= 0.3 is 5.97 Å². The second-order valence-electron chi connectivity index (χ2n) is 4.40. The number of ketones is 1. The van der Waals surface area contributed by atoms with Crippen LogP contribution in [-0.2, 0) is 0 Å². The summed E-state index contributed by atoms with van der Waals surface area (Å²) in [5, 5.41) is 9.03. The number of hydrogen-bond acceptors (Lipinski definition) is 2. The molecule has 2 aromatic carbocycles. The van der Waals surface area contributed by atoms with Gasteiger partial charge in [-0.25, -0.2) is 4.79 Å². The number of aromatic carboxylic acids is 1. The lowest BCUT2D eigenvalue weighted by molar-refractivity contribution is 0.0697. The van der Waals surface area contributed by atoms with Crippen molar-refractivity contribution in [3.63, 3.8) is 0 Å². The van der Waals surface area contributed by atoms with Crippen molar-refractivity contribution in [1.29, 1.82) is 0 Å². The standard InChI is InChI=1S/C15H10O3/c1-8-6-9(15(17)18)7-12-13(8)10-4-2-3-5-11(10)14(12)16/h2-7H,1H3,(H,17,18). The maximum absolute atomic E-state index is 12.2. The summed E-state index contributed by atoms with van der Waals surface area (Å²) in [5.74, 6) is -1.10. The molecular weight excluding hydrogens is 228 g/mol. The largest absolute Gasteiger partial charge is 0.478 e. The molecule has 3 heteroatoms. The number of fused-ring (bicyclic) bond motifs is 3. The van der Waals surface area contributed by atoms with Gasteiger partial charge in [-0.15, -0.1) is 0 Å². The van der Waals surface area contributed by atoms with Crippen molar-refractivity contribution in [1.82, 2.24) is 0 Å². The van der Waals surface area contributed by atoms with Gasteiger partial charge in [-0.1, -0.05) is 24.3 Å². The van der Waals surface area contributed by atoms with E-state index in [1.165, 1.54) is 6.07 Å². The lowest BCUT2D eigenvalue weighted by atomic mass is 9.98. The van der Waals surface area contributed by atoms with E-state index in [2.05, 4.69) is 0 Å². The highest BCUT2D eigenvalue weighted by atomic mass is 16.4. The number of carboxylic acid groups (broad SMARTS) is 1. The van der Waals surface area contributed by atoms with Crippen LogP contribution >= 0.6 is 0 Å². The van der Waals surface area contributed by atoms with Gasteiger partial charge in [-0.05, 0) is 35.7 Å². The first-order chi connectivity index (χ1) is 8.59. The van der Waals surface area contributed by atoms with Crippen LogP contribution in [0.3, 0.4) is 0 Å². The Bertz CT molecular complexity index is 699. The van der Waals surface area contributed by atoms with Crippen molar-refractivity contribution in [3.05, 3.63) is 58.7 Å². The lowest BCUT2D eigenvalue weighted by Gasteiger charge is -2.06. The van der Waals surface area contributed by atoms with Crippen LogP contribution in [0.25, 0.3) is 11.1 Å². The SMILES string of the molecule is Cc1cc(C(=O)O)cc2c1-c1ccccc1C2=O. The molecule has 2 aromatic rings. The molecule has 0 fully saturated rings. The van der Waals surface area contributed by atoms with Crippen LogP contribution in [0.5, 0.6) is 0 Å². The van der Waals surface area contributed by atoms with E-state index in [0.29, 0.717) is 11.1 Å². The molecule has 0 aromatic heterocycles. The molecule has 18 heavy (non-hydrogen) atoms. The molecule has 0 heterocycles. The van der Waals surface area contributed by atoms with Crippen molar-refractivity contribution in [2.75, 3.05) is 0 Å². The van der Waals surface area contributed by atoms with E-state index in [4.69, 9.17) is 5.11 Å². The van der Waals surface area contributed by atoms with Crippen molar-refractivity contribution in [3.8, 4) is 11.1 Å². The lowest BCUT2D eigenvalue weighted by Crippen LogP contribution is -2.02. The zero-order valence-electron chi connectivity index (χ0n) is 9.73. The second kappa shape index (κ2) is 3.53. The number of rotatable bonds is 1. The third kappa shape index (κ3) is 1.31. The van der Waals surface area contributed by atoms with E-state index in [0.717, 1.165) is 16.7 Å². The van der Waals surface area contributed by atoms with Crippen LogP contribution in [0.2, 0.25) is 0 Å². The summed E-state index contributed by atoms with van der Waals surface area (Å²) < 4.78 is 0. The maximum Gasteiger partial charge on any atom is 0.335 e. The Morgan fingerprint density at radius 3 is 2.39 bits per heavy atom. The third-order valence-corrected chi connectivity index (χ3v) is 3.27. The molecule has 0 unspecified atom stereocenters. The molecule has 1 N–H and O–H groups in total. The monoisotopic (exact) mass is 238 g/mol. The summed E-state index contributed by atoms with van der Waals surface area (Å²) in [6, 6.07) is 10.4. The molecule has 1 aliphatic carbocycles. The van der Waals surface area contributed by atoms with Gasteiger partial charge in [0, 0.05) is 11.1 Å². The Morgan fingerprint density at radius 1 is 1.06 bits per heavy atom. The molecule has 3 rings (SSSR count). The van der Waals surface area contributed by atoms with Gasteiger partial charge in [0.25, 0.3) is 0 Å². The van der Waals surface area contributed by atoms with Crippen molar-refractivity contribution < 1.29 is 14.7 Å². The van der Waals surface area contributed by atoms with Crippen LogP contribution < -0.4 is 0 Å². The number of carbonyl (C=O) groups is 2. The Balaban J connectivity index is 2.35. The van der Waals surface area contributed by atoms with E-state index in [1.54, 1.807) is 12.1 Å². The van der Waals surface area contributed by atoms with Crippen LogP contribution in [0.4, 0.5) is 0 Å². The summed E-state index contributed by atoms with van der Waals surface area (Å²) in [4.78, 5) is 23.2. The predicted molar refractivity (Wildman–Crippen MR) is 67.0 cm³/mol. The molecule has 1 aliphatic rings. The van der Waals surface area contributed by atoms with E-state index < -0.39 is 5.97 Å². The molecule has 0 radical (unpaired) electrons. The average Bonchev–Trinajstić information content (AvgIpc) is 2.64. The normalized spacial score (nSPS) is 12.2. The summed E-state index contributed by atoms with van der Waals surface area (Å²) >= 11 is 0. The van der Waals surface area contributed by atoms with Gasteiger partial charge < -0.3 is 5.11 Å². The number of carbonyl (C=O) groups excluding carboxylic acids is 1. The highest BCUT2D eigenvalue weighted by Crippen LogP contribution is 2.39. The molecule has 0 saturated carbocycles. The van der Waals surface area contributed by atoms with Crippen LogP contribution in [0.1, 0.15) is 31.8 Å². The van der Waals surface area contributed by atoms with Gasteiger partial charge in [-0.3, -0.25) is 4.79 Å². The molecule has 0 aliphatic heterocycles. The van der Waals surface area contributed by atoms with Gasteiger partial charge in [-0.2, -0.15) is 0 Å². The summed E-state index contributed by atoms with van der Waals surface area (Å²) in [7, 11) is 0. The Morgan fingerprint density at radius 2 is 1.72 bits per heavy atom. The highest BCUT2D eigenvalue weighted by Gasteiger charge is 2.28. The first kappa shape index (κ1) is 10.7. The molecule has 0 spiro atoms. The number of aryl methyl sites for hydroxylation is 1. The molecule has 0 bridgehead atoms. The quantitative estimate of drug-likeness (QED) is 0.709. The van der Waals surface area contributed by atoms with Crippen molar-refractivity contribution >= 4 is 11.8 Å². The predicted octanol–water partition coefficient (Wildman–Crippen LogP) is 2.90. The zero-order valence-corrected chi connectivity index (χ0v) is 9.73. The minimum Gasteiger partial charge on any atom is -0.478 e. The number of hydrogen-bond donors (Lipinski definition) is 1.